The van der Waals surface area contributed by atoms with Crippen molar-refractivity contribution in [2.24, 2.45) is 11.8 Å². The van der Waals surface area contributed by atoms with Gasteiger partial charge in [-0.15, -0.1) is 10.2 Å². The smallest absolute Gasteiger partial charge is 0.293 e. The summed E-state index contributed by atoms with van der Waals surface area (Å²) in [5.41, 5.74) is 1.85. The van der Waals surface area contributed by atoms with Crippen molar-refractivity contribution in [2.75, 3.05) is 25.5 Å². The Labute approximate surface area is 186 Å². The number of methoxy groups -OCH3 is 1. The summed E-state index contributed by atoms with van der Waals surface area (Å²) in [5.74, 6) is 2.75. The molecule has 1 amide bonds. The van der Waals surface area contributed by atoms with Crippen molar-refractivity contribution in [1.29, 1.82) is 0 Å². The van der Waals surface area contributed by atoms with Gasteiger partial charge in [-0.3, -0.25) is 9.69 Å². The Morgan fingerprint density at radius 1 is 1.10 bits per heavy atom. The van der Waals surface area contributed by atoms with Crippen LogP contribution >= 0.6 is 11.6 Å². The van der Waals surface area contributed by atoms with Crippen molar-refractivity contribution in [3.05, 3.63) is 70.8 Å². The molecular weight excluding hydrogens is 414 g/mol. The largest absolute Gasteiger partial charge is 0.497 e. The first-order valence-corrected chi connectivity index (χ1v) is 10.8. The van der Waals surface area contributed by atoms with Gasteiger partial charge < -0.3 is 14.6 Å². The van der Waals surface area contributed by atoms with Crippen molar-refractivity contribution in [3.63, 3.8) is 0 Å². The number of benzene rings is 2. The summed E-state index contributed by atoms with van der Waals surface area (Å²) in [6.07, 6.45) is 0.840. The van der Waals surface area contributed by atoms with E-state index in [1.807, 2.05) is 47.0 Å². The van der Waals surface area contributed by atoms with E-state index in [-0.39, 0.29) is 5.91 Å². The van der Waals surface area contributed by atoms with Crippen molar-refractivity contribution in [3.8, 4) is 5.75 Å². The summed E-state index contributed by atoms with van der Waals surface area (Å²) in [4.78, 5) is 15.3. The first-order chi connectivity index (χ1) is 15.1. The molecule has 0 radical (unpaired) electrons. The van der Waals surface area contributed by atoms with Gasteiger partial charge in [0.05, 0.1) is 7.11 Å². The first-order valence-electron chi connectivity index (χ1n) is 10.4. The van der Waals surface area contributed by atoms with Crippen molar-refractivity contribution in [2.45, 2.75) is 19.5 Å². The number of amides is 1. The van der Waals surface area contributed by atoms with Gasteiger partial charge in [-0.2, -0.15) is 0 Å². The average Bonchev–Trinajstić information content (AvgIpc) is 3.37. The van der Waals surface area contributed by atoms with Crippen LogP contribution in [-0.2, 0) is 19.5 Å². The second-order valence-electron chi connectivity index (χ2n) is 8.24. The molecule has 2 aliphatic rings. The minimum atomic E-state index is -0.242. The maximum atomic E-state index is 12.8. The molecule has 2 atom stereocenters. The number of aromatic nitrogens is 3. The lowest BCUT2D eigenvalue weighted by atomic mass is 9.89. The number of likely N-dealkylation sites (tertiary alicyclic amines) is 1. The standard InChI is InChI=1S/C23H24ClN5O2/c1-31-19-8-6-18(7-9-19)25-23(30)22-27-26-21-10-16-12-28(13-17(16)14-29(21)22)11-15-4-2-3-5-20(15)24/h2-9,16-17H,10-14H2,1H3,(H,25,30)/t16-,17-/m0/s1. The quantitative estimate of drug-likeness (QED) is 0.661. The predicted molar refractivity (Wildman–Crippen MR) is 118 cm³/mol. The fourth-order valence-electron chi connectivity index (χ4n) is 4.65. The summed E-state index contributed by atoms with van der Waals surface area (Å²) in [6.45, 7) is 3.60. The monoisotopic (exact) mass is 437 g/mol. The van der Waals surface area contributed by atoms with E-state index in [0.717, 1.165) is 54.8 Å². The Morgan fingerprint density at radius 2 is 1.87 bits per heavy atom. The average molecular weight is 438 g/mol. The summed E-state index contributed by atoms with van der Waals surface area (Å²) in [7, 11) is 1.61. The highest BCUT2D eigenvalue weighted by Gasteiger charge is 2.39. The third-order valence-corrected chi connectivity index (χ3v) is 6.61. The number of carbonyl (C=O) groups excluding carboxylic acids is 1. The van der Waals surface area contributed by atoms with E-state index in [4.69, 9.17) is 16.3 Å². The molecule has 8 heteroatoms. The van der Waals surface area contributed by atoms with Crippen LogP contribution in [0.15, 0.2) is 48.5 Å². The lowest BCUT2D eigenvalue weighted by molar-refractivity contribution is 0.100. The number of anilines is 1. The van der Waals surface area contributed by atoms with Gasteiger partial charge in [0.25, 0.3) is 5.91 Å². The van der Waals surface area contributed by atoms with Crippen LogP contribution in [0.5, 0.6) is 5.75 Å². The summed E-state index contributed by atoms with van der Waals surface area (Å²) < 4.78 is 7.15. The zero-order chi connectivity index (χ0) is 21.4. The number of hydrogen-bond donors (Lipinski definition) is 1. The van der Waals surface area contributed by atoms with Crippen LogP contribution in [0.1, 0.15) is 22.0 Å². The topological polar surface area (TPSA) is 72.3 Å². The lowest BCUT2D eigenvalue weighted by Gasteiger charge is -2.25. The molecule has 7 nitrogen and oxygen atoms in total. The Hall–Kier alpha value is -2.90. The molecule has 0 bridgehead atoms. The second-order valence-corrected chi connectivity index (χ2v) is 8.65. The number of hydrogen-bond acceptors (Lipinski definition) is 5. The van der Waals surface area contributed by atoms with Crippen molar-refractivity contribution in [1.82, 2.24) is 19.7 Å². The van der Waals surface area contributed by atoms with Crippen LogP contribution in [0.3, 0.4) is 0 Å². The number of halogens is 1. The molecule has 0 unspecified atom stereocenters. The number of rotatable bonds is 5. The molecule has 0 spiro atoms. The van der Waals surface area contributed by atoms with E-state index in [9.17, 15) is 4.79 Å². The van der Waals surface area contributed by atoms with Gasteiger partial charge >= 0.3 is 0 Å². The highest BCUT2D eigenvalue weighted by molar-refractivity contribution is 6.31. The van der Waals surface area contributed by atoms with E-state index >= 15 is 0 Å². The van der Waals surface area contributed by atoms with Gasteiger partial charge in [0.15, 0.2) is 0 Å². The molecule has 0 aliphatic carbocycles. The van der Waals surface area contributed by atoms with Gasteiger partial charge in [0.2, 0.25) is 5.82 Å². The van der Waals surface area contributed by atoms with Gasteiger partial charge in [-0.1, -0.05) is 29.8 Å². The lowest BCUT2D eigenvalue weighted by Crippen LogP contribution is -2.31. The van der Waals surface area contributed by atoms with Crippen molar-refractivity contribution >= 4 is 23.2 Å². The predicted octanol–water partition coefficient (Wildman–Crippen LogP) is 3.50. The van der Waals surface area contributed by atoms with Crippen LogP contribution < -0.4 is 10.1 Å². The molecule has 31 heavy (non-hydrogen) atoms. The number of carbonyl (C=O) groups is 1. The molecule has 5 rings (SSSR count). The SMILES string of the molecule is COc1ccc(NC(=O)c2nnc3n2C[C@@H]2CN(Cc4ccccc4Cl)C[C@@H]2C3)cc1. The molecule has 2 aromatic carbocycles. The highest BCUT2D eigenvalue weighted by atomic mass is 35.5. The molecule has 3 heterocycles. The third kappa shape index (κ3) is 4.03. The molecular formula is C23H24ClN5O2. The van der Waals surface area contributed by atoms with E-state index in [2.05, 4.69) is 26.5 Å². The Bertz CT molecular complexity index is 1100. The highest BCUT2D eigenvalue weighted by Crippen LogP contribution is 2.34. The Morgan fingerprint density at radius 3 is 2.65 bits per heavy atom. The molecule has 1 aromatic heterocycles. The van der Waals surface area contributed by atoms with E-state index in [1.54, 1.807) is 7.11 Å². The maximum absolute atomic E-state index is 12.8. The van der Waals surface area contributed by atoms with Gasteiger partial charge in [-0.25, -0.2) is 0 Å². The number of nitrogens with one attached hydrogen (secondary N) is 1. The van der Waals surface area contributed by atoms with E-state index in [0.29, 0.717) is 23.3 Å². The maximum Gasteiger partial charge on any atom is 0.293 e. The third-order valence-electron chi connectivity index (χ3n) is 6.24. The zero-order valence-corrected chi connectivity index (χ0v) is 18.0. The van der Waals surface area contributed by atoms with Crippen molar-refractivity contribution < 1.29 is 9.53 Å². The van der Waals surface area contributed by atoms with E-state index in [1.165, 1.54) is 0 Å². The molecule has 2 aliphatic heterocycles. The molecule has 0 saturated carbocycles. The summed E-state index contributed by atoms with van der Waals surface area (Å²) in [6, 6.07) is 15.3. The fourth-order valence-corrected chi connectivity index (χ4v) is 4.84. The van der Waals surface area contributed by atoms with Gasteiger partial charge in [-0.05, 0) is 47.7 Å². The fraction of sp³-hybridized carbons (Fsp3) is 0.348. The van der Waals surface area contributed by atoms with Crippen LogP contribution in [-0.4, -0.2) is 45.8 Å². The van der Waals surface area contributed by atoms with Crippen LogP contribution in [0.2, 0.25) is 5.02 Å². The number of fused-ring (bicyclic) bond motifs is 2. The Kier molecular flexibility index (Phi) is 5.38. The van der Waals surface area contributed by atoms with Crippen LogP contribution in [0.4, 0.5) is 5.69 Å². The Balaban J connectivity index is 1.27. The van der Waals surface area contributed by atoms with Crippen LogP contribution in [0, 0.1) is 11.8 Å². The number of ether oxygens (including phenoxy) is 1. The second kappa shape index (κ2) is 8.32. The molecule has 1 N–H and O–H groups in total. The normalized spacial score (nSPS) is 20.2. The molecule has 3 aromatic rings. The molecule has 1 saturated heterocycles. The van der Waals surface area contributed by atoms with Gasteiger partial charge in [0, 0.05) is 43.3 Å². The van der Waals surface area contributed by atoms with E-state index < -0.39 is 0 Å². The number of nitrogens with zero attached hydrogens (tertiary/aromatic N) is 4. The van der Waals surface area contributed by atoms with Crippen LogP contribution in [0.25, 0.3) is 0 Å². The molecule has 160 valence electrons. The summed E-state index contributed by atoms with van der Waals surface area (Å²) in [5, 5.41) is 12.2. The minimum Gasteiger partial charge on any atom is -0.497 e. The molecule has 1 fully saturated rings. The minimum absolute atomic E-state index is 0.242. The van der Waals surface area contributed by atoms with Gasteiger partial charge in [0.1, 0.15) is 11.6 Å². The summed E-state index contributed by atoms with van der Waals surface area (Å²) >= 11 is 6.35. The zero-order valence-electron chi connectivity index (χ0n) is 17.3. The first kappa shape index (κ1) is 20.0.